The summed E-state index contributed by atoms with van der Waals surface area (Å²) in [6, 6.07) is 7.98. The van der Waals surface area contributed by atoms with Crippen molar-refractivity contribution in [2.75, 3.05) is 11.0 Å². The number of amides is 1. The van der Waals surface area contributed by atoms with Crippen LogP contribution in [0.4, 0.5) is 10.5 Å². The van der Waals surface area contributed by atoms with Crippen LogP contribution in [-0.2, 0) is 14.8 Å². The molecule has 2 aliphatic heterocycles. The van der Waals surface area contributed by atoms with Crippen LogP contribution in [0, 0.1) is 0 Å². The number of hydrogen-bond donors (Lipinski definition) is 1. The second-order valence-corrected chi connectivity index (χ2v) is 10.2. The van der Waals surface area contributed by atoms with E-state index in [1.54, 1.807) is 6.07 Å². The third kappa shape index (κ3) is 4.50. The summed E-state index contributed by atoms with van der Waals surface area (Å²) in [5.41, 5.74) is 1.23. The lowest BCUT2D eigenvalue weighted by atomic mass is 9.85. The Morgan fingerprint density at radius 3 is 2.35 bits per heavy atom. The molecule has 7 heteroatoms. The number of rotatable bonds is 3. The van der Waals surface area contributed by atoms with Gasteiger partial charge in [0.05, 0.1) is 6.26 Å². The molecule has 2 aliphatic rings. The fourth-order valence-electron chi connectivity index (χ4n) is 4.13. The van der Waals surface area contributed by atoms with Crippen LogP contribution in [0.1, 0.15) is 57.9 Å². The summed E-state index contributed by atoms with van der Waals surface area (Å²) in [5, 5.41) is 0. The van der Waals surface area contributed by atoms with E-state index in [0.717, 1.165) is 37.5 Å². The lowest BCUT2D eigenvalue weighted by Crippen LogP contribution is -2.48. The minimum absolute atomic E-state index is 0.195. The minimum Gasteiger partial charge on any atom is -0.444 e. The van der Waals surface area contributed by atoms with Crippen LogP contribution >= 0.6 is 0 Å². The molecule has 3 rings (SSSR count). The second kappa shape index (κ2) is 6.76. The predicted octanol–water partition coefficient (Wildman–Crippen LogP) is 3.70. The van der Waals surface area contributed by atoms with E-state index in [1.165, 1.54) is 0 Å². The predicted molar refractivity (Wildman–Crippen MR) is 102 cm³/mol. The van der Waals surface area contributed by atoms with E-state index in [0.29, 0.717) is 11.6 Å². The summed E-state index contributed by atoms with van der Waals surface area (Å²) in [6.45, 7) is 5.67. The van der Waals surface area contributed by atoms with Gasteiger partial charge >= 0.3 is 6.09 Å². The second-order valence-electron chi connectivity index (χ2n) is 8.44. The van der Waals surface area contributed by atoms with Gasteiger partial charge < -0.3 is 9.64 Å². The first-order valence-corrected chi connectivity index (χ1v) is 11.0. The molecule has 0 spiro atoms. The molecule has 0 aliphatic carbocycles. The molecule has 1 amide bonds. The Kier molecular flexibility index (Phi) is 4.94. The van der Waals surface area contributed by atoms with Crippen LogP contribution in [0.15, 0.2) is 24.3 Å². The number of carbonyl (C=O) groups is 1. The molecule has 144 valence electrons. The van der Waals surface area contributed by atoms with Crippen molar-refractivity contribution < 1.29 is 17.9 Å². The van der Waals surface area contributed by atoms with Gasteiger partial charge in [-0.05, 0) is 70.1 Å². The first-order chi connectivity index (χ1) is 12.0. The summed E-state index contributed by atoms with van der Waals surface area (Å²) in [4.78, 5) is 14.5. The smallest absolute Gasteiger partial charge is 0.410 e. The monoisotopic (exact) mass is 380 g/mol. The molecule has 2 heterocycles. The maximum absolute atomic E-state index is 12.6. The highest BCUT2D eigenvalue weighted by Gasteiger charge is 2.45. The number of ether oxygens (including phenoxy) is 1. The van der Waals surface area contributed by atoms with Crippen LogP contribution in [-0.4, -0.2) is 43.4 Å². The Morgan fingerprint density at radius 2 is 1.81 bits per heavy atom. The fraction of sp³-hybridized carbons (Fsp3) is 0.632. The molecule has 2 saturated heterocycles. The Bertz CT molecular complexity index is 771. The Balaban J connectivity index is 1.73. The van der Waals surface area contributed by atoms with E-state index in [2.05, 4.69) is 4.72 Å². The zero-order chi connectivity index (χ0) is 19.1. The van der Waals surface area contributed by atoms with Gasteiger partial charge in [-0.15, -0.1) is 0 Å². The van der Waals surface area contributed by atoms with Gasteiger partial charge in [-0.1, -0.05) is 12.1 Å². The molecule has 3 atom stereocenters. The number of nitrogens with one attached hydrogen (secondary N) is 1. The van der Waals surface area contributed by atoms with Gasteiger partial charge in [-0.25, -0.2) is 13.2 Å². The molecular weight excluding hydrogens is 352 g/mol. The molecular formula is C19H28N2O4S. The summed E-state index contributed by atoms with van der Waals surface area (Å²) in [5.74, 6) is 0.326. The molecule has 0 aromatic heterocycles. The van der Waals surface area contributed by atoms with E-state index >= 15 is 0 Å². The maximum atomic E-state index is 12.6. The molecule has 0 radical (unpaired) electrons. The lowest BCUT2D eigenvalue weighted by Gasteiger charge is -2.39. The number of anilines is 1. The molecule has 0 saturated carbocycles. The van der Waals surface area contributed by atoms with E-state index in [4.69, 9.17) is 4.74 Å². The molecule has 2 fully saturated rings. The Labute approximate surface area is 156 Å². The van der Waals surface area contributed by atoms with Gasteiger partial charge in [0.15, 0.2) is 0 Å². The van der Waals surface area contributed by atoms with Gasteiger partial charge in [0.2, 0.25) is 10.0 Å². The number of hydrogen-bond acceptors (Lipinski definition) is 4. The number of carbonyl (C=O) groups excluding carboxylic acids is 1. The molecule has 1 aromatic rings. The van der Waals surface area contributed by atoms with Crippen molar-refractivity contribution in [3.63, 3.8) is 0 Å². The van der Waals surface area contributed by atoms with Crippen LogP contribution < -0.4 is 4.72 Å². The number of fused-ring (bicyclic) bond motifs is 2. The molecule has 1 unspecified atom stereocenters. The number of piperidine rings is 1. The van der Waals surface area contributed by atoms with Gasteiger partial charge in [-0.3, -0.25) is 4.72 Å². The number of benzene rings is 1. The third-order valence-electron chi connectivity index (χ3n) is 5.00. The topological polar surface area (TPSA) is 75.7 Å². The van der Waals surface area contributed by atoms with Gasteiger partial charge in [0.1, 0.15) is 5.60 Å². The molecule has 1 N–H and O–H groups in total. The molecule has 1 aromatic carbocycles. The Morgan fingerprint density at radius 1 is 1.19 bits per heavy atom. The van der Waals surface area contributed by atoms with Crippen molar-refractivity contribution in [2.45, 2.75) is 70.1 Å². The average Bonchev–Trinajstić information content (AvgIpc) is 2.75. The van der Waals surface area contributed by atoms with Crippen LogP contribution in [0.5, 0.6) is 0 Å². The highest BCUT2D eigenvalue weighted by molar-refractivity contribution is 7.92. The van der Waals surface area contributed by atoms with Crippen LogP contribution in [0.3, 0.4) is 0 Å². The van der Waals surface area contributed by atoms with Crippen LogP contribution in [0.25, 0.3) is 0 Å². The van der Waals surface area contributed by atoms with Crippen molar-refractivity contribution in [3.05, 3.63) is 29.8 Å². The first kappa shape index (κ1) is 19.0. The molecule has 6 nitrogen and oxygen atoms in total. The fourth-order valence-corrected chi connectivity index (χ4v) is 4.69. The summed E-state index contributed by atoms with van der Waals surface area (Å²) < 4.78 is 31.1. The normalized spacial score (nSPS) is 25.8. The van der Waals surface area contributed by atoms with Crippen molar-refractivity contribution in [2.24, 2.45) is 0 Å². The first-order valence-electron chi connectivity index (χ1n) is 9.11. The lowest BCUT2D eigenvalue weighted by molar-refractivity contribution is 0.00584. The molecule has 26 heavy (non-hydrogen) atoms. The SMILES string of the molecule is CC(C)(C)OC(=O)N1[C@@H]2CC[C@H]1CC(c1cccc(NS(C)(=O)=O)c1)C2. The van der Waals surface area contributed by atoms with E-state index in [-0.39, 0.29) is 18.2 Å². The van der Waals surface area contributed by atoms with Crippen molar-refractivity contribution in [3.8, 4) is 0 Å². The zero-order valence-corrected chi connectivity index (χ0v) is 16.7. The van der Waals surface area contributed by atoms with Gasteiger partial charge in [0, 0.05) is 17.8 Å². The minimum atomic E-state index is -3.29. The highest BCUT2D eigenvalue weighted by atomic mass is 32.2. The van der Waals surface area contributed by atoms with Crippen molar-refractivity contribution in [1.29, 1.82) is 0 Å². The van der Waals surface area contributed by atoms with E-state index in [9.17, 15) is 13.2 Å². The molecule has 2 bridgehead atoms. The van der Waals surface area contributed by atoms with Crippen molar-refractivity contribution >= 4 is 21.8 Å². The largest absolute Gasteiger partial charge is 0.444 e. The Hall–Kier alpha value is -1.76. The van der Waals surface area contributed by atoms with E-state index in [1.807, 2.05) is 43.9 Å². The zero-order valence-electron chi connectivity index (χ0n) is 15.9. The van der Waals surface area contributed by atoms with E-state index < -0.39 is 15.6 Å². The third-order valence-corrected chi connectivity index (χ3v) is 5.61. The van der Waals surface area contributed by atoms with Gasteiger partial charge in [0.25, 0.3) is 0 Å². The summed E-state index contributed by atoms with van der Waals surface area (Å²) in [7, 11) is -3.29. The summed E-state index contributed by atoms with van der Waals surface area (Å²) >= 11 is 0. The average molecular weight is 381 g/mol. The van der Waals surface area contributed by atoms with Gasteiger partial charge in [-0.2, -0.15) is 0 Å². The standard InChI is InChI=1S/C19H28N2O4S/c1-19(2,3)25-18(22)21-16-8-9-17(21)12-14(11-16)13-6-5-7-15(10-13)20-26(4,23)24/h5-7,10,14,16-17,20H,8-9,11-12H2,1-4H3/t14?,16-,17+. The quantitative estimate of drug-likeness (QED) is 0.867. The highest BCUT2D eigenvalue weighted by Crippen LogP contribution is 2.44. The summed E-state index contributed by atoms with van der Waals surface area (Å²) in [6.07, 6.45) is 4.72. The van der Waals surface area contributed by atoms with Crippen molar-refractivity contribution in [1.82, 2.24) is 4.90 Å². The number of sulfonamides is 1. The number of nitrogens with zero attached hydrogens (tertiary/aromatic N) is 1. The maximum Gasteiger partial charge on any atom is 0.410 e. The van der Waals surface area contributed by atoms with Crippen LogP contribution in [0.2, 0.25) is 0 Å².